The number of aryl methyl sites for hydroxylation is 1. The van der Waals surface area contributed by atoms with Crippen molar-refractivity contribution in [1.82, 2.24) is 10.6 Å². The van der Waals surface area contributed by atoms with Crippen molar-refractivity contribution in [1.29, 1.82) is 0 Å². The quantitative estimate of drug-likeness (QED) is 0.543. The number of hydrogen-bond donors (Lipinski definition) is 2. The molecule has 0 saturated carbocycles. The Hall–Kier alpha value is -3.54. The number of furan rings is 1. The summed E-state index contributed by atoms with van der Waals surface area (Å²) in [4.78, 5) is 24.9. The molecule has 1 atom stereocenters. The van der Waals surface area contributed by atoms with Gasteiger partial charge in [0.05, 0.1) is 6.26 Å². The van der Waals surface area contributed by atoms with Crippen molar-refractivity contribution in [2.75, 3.05) is 0 Å². The molecule has 2 amide bonds. The summed E-state index contributed by atoms with van der Waals surface area (Å²) in [5.41, 5.74) is 3.26. The van der Waals surface area contributed by atoms with E-state index in [-0.39, 0.29) is 17.6 Å². The van der Waals surface area contributed by atoms with Gasteiger partial charge in [-0.05, 0) is 48.2 Å². The van der Waals surface area contributed by atoms with Gasteiger partial charge in [-0.15, -0.1) is 0 Å². The number of ether oxygens (including phenoxy) is 1. The summed E-state index contributed by atoms with van der Waals surface area (Å²) in [6, 6.07) is 18.3. The molecule has 6 nitrogen and oxygen atoms in total. The highest BCUT2D eigenvalue weighted by atomic mass is 16.5. The predicted molar refractivity (Wildman–Crippen MR) is 119 cm³/mol. The molecular formula is C25H28N2O4. The van der Waals surface area contributed by atoms with E-state index in [9.17, 15) is 9.59 Å². The van der Waals surface area contributed by atoms with Gasteiger partial charge in [0, 0.05) is 6.54 Å². The van der Waals surface area contributed by atoms with Gasteiger partial charge in [-0.2, -0.15) is 0 Å². The summed E-state index contributed by atoms with van der Waals surface area (Å²) in [5, 5.41) is 5.62. The minimum absolute atomic E-state index is 0.0729. The summed E-state index contributed by atoms with van der Waals surface area (Å²) >= 11 is 0. The van der Waals surface area contributed by atoms with E-state index in [1.165, 1.54) is 11.8 Å². The van der Waals surface area contributed by atoms with E-state index >= 15 is 0 Å². The zero-order valence-corrected chi connectivity index (χ0v) is 18.1. The first-order chi connectivity index (χ1) is 14.9. The van der Waals surface area contributed by atoms with E-state index in [4.69, 9.17) is 9.15 Å². The maximum absolute atomic E-state index is 12.6. The van der Waals surface area contributed by atoms with E-state index in [1.807, 2.05) is 50.2 Å². The summed E-state index contributed by atoms with van der Waals surface area (Å²) < 4.78 is 10.9. The van der Waals surface area contributed by atoms with E-state index < -0.39 is 11.9 Å². The van der Waals surface area contributed by atoms with Crippen LogP contribution in [0.25, 0.3) is 0 Å². The molecule has 1 aromatic heterocycles. The topological polar surface area (TPSA) is 80.6 Å². The van der Waals surface area contributed by atoms with Crippen LogP contribution >= 0.6 is 0 Å². The van der Waals surface area contributed by atoms with Gasteiger partial charge in [-0.3, -0.25) is 9.59 Å². The largest absolute Gasteiger partial charge is 0.489 e. The van der Waals surface area contributed by atoms with Crippen molar-refractivity contribution in [2.45, 2.75) is 40.0 Å². The van der Waals surface area contributed by atoms with Crippen LogP contribution in [0.5, 0.6) is 5.75 Å². The Kier molecular flexibility index (Phi) is 7.49. The van der Waals surface area contributed by atoms with E-state index in [1.54, 1.807) is 12.1 Å². The summed E-state index contributed by atoms with van der Waals surface area (Å²) in [5.74, 6) is 0.224. The smallest absolute Gasteiger partial charge is 0.287 e. The van der Waals surface area contributed by atoms with Crippen LogP contribution in [0.15, 0.2) is 71.3 Å². The normalized spacial score (nSPS) is 11.7. The van der Waals surface area contributed by atoms with Gasteiger partial charge in [-0.1, -0.05) is 55.8 Å². The van der Waals surface area contributed by atoms with Crippen LogP contribution in [0, 0.1) is 12.8 Å². The second-order valence-electron chi connectivity index (χ2n) is 7.81. The Morgan fingerprint density at radius 2 is 1.77 bits per heavy atom. The molecule has 0 radical (unpaired) electrons. The lowest BCUT2D eigenvalue weighted by molar-refractivity contribution is -0.124. The highest BCUT2D eigenvalue weighted by Crippen LogP contribution is 2.15. The third-order valence-electron chi connectivity index (χ3n) is 4.86. The van der Waals surface area contributed by atoms with E-state index in [0.29, 0.717) is 13.2 Å². The number of carbonyl (C=O) groups excluding carboxylic acids is 2. The van der Waals surface area contributed by atoms with Gasteiger partial charge in [0.1, 0.15) is 18.4 Å². The van der Waals surface area contributed by atoms with Crippen molar-refractivity contribution in [2.24, 2.45) is 5.92 Å². The van der Waals surface area contributed by atoms with Crippen LogP contribution in [0.1, 0.15) is 41.1 Å². The van der Waals surface area contributed by atoms with Crippen molar-refractivity contribution in [3.05, 3.63) is 89.4 Å². The minimum Gasteiger partial charge on any atom is -0.489 e. The van der Waals surface area contributed by atoms with Gasteiger partial charge < -0.3 is 19.8 Å². The van der Waals surface area contributed by atoms with Crippen molar-refractivity contribution < 1.29 is 18.7 Å². The molecule has 1 unspecified atom stereocenters. The second-order valence-corrected chi connectivity index (χ2v) is 7.81. The van der Waals surface area contributed by atoms with Gasteiger partial charge in [-0.25, -0.2) is 0 Å². The van der Waals surface area contributed by atoms with E-state index in [2.05, 4.69) is 29.7 Å². The Morgan fingerprint density at radius 1 is 1.00 bits per heavy atom. The summed E-state index contributed by atoms with van der Waals surface area (Å²) in [7, 11) is 0. The van der Waals surface area contributed by atoms with Gasteiger partial charge >= 0.3 is 0 Å². The lowest BCUT2D eigenvalue weighted by Crippen LogP contribution is -2.49. The van der Waals surface area contributed by atoms with Crippen LogP contribution in [0.4, 0.5) is 0 Å². The number of hydrogen-bond acceptors (Lipinski definition) is 4. The Bertz CT molecular complexity index is 995. The van der Waals surface area contributed by atoms with Crippen molar-refractivity contribution in [3.8, 4) is 5.75 Å². The lowest BCUT2D eigenvalue weighted by Gasteiger charge is -2.21. The zero-order chi connectivity index (χ0) is 22.2. The lowest BCUT2D eigenvalue weighted by atomic mass is 10.0. The average Bonchev–Trinajstić information content (AvgIpc) is 3.30. The standard InChI is InChI=1S/C25H28N2O4/c1-17(2)23(27-24(28)22-8-5-13-30-22)25(29)26-15-19-9-11-21(12-10-19)31-16-20-7-4-6-18(3)14-20/h4-14,17,23H,15-16H2,1-3H3,(H,26,29)(H,27,28). The summed E-state index contributed by atoms with van der Waals surface area (Å²) in [6.07, 6.45) is 1.42. The molecule has 0 spiro atoms. The van der Waals surface area contributed by atoms with Crippen LogP contribution in [-0.4, -0.2) is 17.9 Å². The molecule has 3 aromatic rings. The SMILES string of the molecule is Cc1cccc(COc2ccc(CNC(=O)C(NC(=O)c3ccco3)C(C)C)cc2)c1. The maximum Gasteiger partial charge on any atom is 0.287 e. The fraction of sp³-hybridized carbons (Fsp3) is 0.280. The molecule has 1 heterocycles. The summed E-state index contributed by atoms with van der Waals surface area (Å²) in [6.45, 7) is 6.68. The molecular weight excluding hydrogens is 392 g/mol. The fourth-order valence-electron chi connectivity index (χ4n) is 3.13. The van der Waals surface area contributed by atoms with Crippen LogP contribution in [0.2, 0.25) is 0 Å². The highest BCUT2D eigenvalue weighted by Gasteiger charge is 2.25. The van der Waals surface area contributed by atoms with Gasteiger partial charge in [0.15, 0.2) is 5.76 Å². The molecule has 2 aromatic carbocycles. The minimum atomic E-state index is -0.658. The molecule has 0 aliphatic carbocycles. The van der Waals surface area contributed by atoms with Crippen LogP contribution < -0.4 is 15.4 Å². The molecule has 0 aliphatic heterocycles. The molecule has 3 rings (SSSR count). The van der Waals surface area contributed by atoms with Crippen molar-refractivity contribution in [3.63, 3.8) is 0 Å². The van der Waals surface area contributed by atoms with Crippen molar-refractivity contribution >= 4 is 11.8 Å². The van der Waals surface area contributed by atoms with Gasteiger partial charge in [0.25, 0.3) is 5.91 Å². The van der Waals surface area contributed by atoms with Crippen LogP contribution in [-0.2, 0) is 17.9 Å². The maximum atomic E-state index is 12.6. The molecule has 162 valence electrons. The fourth-order valence-corrected chi connectivity index (χ4v) is 3.13. The number of benzene rings is 2. The van der Waals surface area contributed by atoms with Crippen LogP contribution in [0.3, 0.4) is 0 Å². The molecule has 0 saturated heterocycles. The Morgan fingerprint density at radius 3 is 2.42 bits per heavy atom. The third-order valence-corrected chi connectivity index (χ3v) is 4.86. The predicted octanol–water partition coefficient (Wildman–Crippen LogP) is 4.24. The molecule has 0 fully saturated rings. The number of amides is 2. The second kappa shape index (κ2) is 10.5. The number of nitrogens with one attached hydrogen (secondary N) is 2. The average molecular weight is 421 g/mol. The Balaban J connectivity index is 1.50. The number of carbonyl (C=O) groups is 2. The van der Waals surface area contributed by atoms with Gasteiger partial charge in [0.2, 0.25) is 5.91 Å². The highest BCUT2D eigenvalue weighted by molar-refractivity contribution is 5.95. The first-order valence-electron chi connectivity index (χ1n) is 10.3. The van der Waals surface area contributed by atoms with E-state index in [0.717, 1.165) is 16.9 Å². The molecule has 31 heavy (non-hydrogen) atoms. The zero-order valence-electron chi connectivity index (χ0n) is 18.1. The molecule has 0 bridgehead atoms. The first-order valence-corrected chi connectivity index (χ1v) is 10.3. The first kappa shape index (κ1) is 22.2. The third kappa shape index (κ3) is 6.47. The molecule has 6 heteroatoms. The monoisotopic (exact) mass is 420 g/mol. The Labute approximate surface area is 182 Å². The molecule has 2 N–H and O–H groups in total. The molecule has 0 aliphatic rings. The number of rotatable bonds is 9.